The number of benzene rings is 1. The Bertz CT molecular complexity index is 374. The third kappa shape index (κ3) is 4.05. The van der Waals surface area contributed by atoms with Crippen molar-refractivity contribution in [1.29, 1.82) is 0 Å². The van der Waals surface area contributed by atoms with Crippen LogP contribution in [-0.2, 0) is 11.3 Å². The lowest BCUT2D eigenvalue weighted by molar-refractivity contribution is 0.0110. The van der Waals surface area contributed by atoms with Crippen molar-refractivity contribution in [2.45, 2.75) is 65.2 Å². The summed E-state index contributed by atoms with van der Waals surface area (Å²) in [5.41, 5.74) is 4.07. The SMILES string of the molecule is CCNC1CCC(OCc2c(C)cccc2C)CC1. The van der Waals surface area contributed by atoms with Crippen molar-refractivity contribution in [3.05, 3.63) is 34.9 Å². The van der Waals surface area contributed by atoms with Gasteiger partial charge in [-0.25, -0.2) is 0 Å². The summed E-state index contributed by atoms with van der Waals surface area (Å²) in [6.45, 7) is 8.39. The molecule has 0 amide bonds. The van der Waals surface area contributed by atoms with Crippen LogP contribution < -0.4 is 5.32 Å². The van der Waals surface area contributed by atoms with E-state index in [1.165, 1.54) is 42.4 Å². The van der Waals surface area contributed by atoms with E-state index in [0.717, 1.165) is 13.2 Å². The smallest absolute Gasteiger partial charge is 0.0725 e. The molecule has 1 aliphatic carbocycles. The number of aryl methyl sites for hydroxylation is 2. The van der Waals surface area contributed by atoms with Gasteiger partial charge in [0.15, 0.2) is 0 Å². The predicted octanol–water partition coefficient (Wildman–Crippen LogP) is 3.74. The maximum atomic E-state index is 6.13. The zero-order chi connectivity index (χ0) is 13.7. The molecule has 0 spiro atoms. The molecule has 2 heteroatoms. The van der Waals surface area contributed by atoms with Crippen LogP contribution in [0.5, 0.6) is 0 Å². The van der Waals surface area contributed by atoms with Gasteiger partial charge in [-0.2, -0.15) is 0 Å². The van der Waals surface area contributed by atoms with Crippen LogP contribution >= 0.6 is 0 Å². The van der Waals surface area contributed by atoms with Crippen LogP contribution in [0, 0.1) is 13.8 Å². The molecular formula is C17H27NO. The number of hydrogen-bond acceptors (Lipinski definition) is 2. The first-order valence-corrected chi connectivity index (χ1v) is 7.60. The van der Waals surface area contributed by atoms with Gasteiger partial charge in [-0.3, -0.25) is 0 Å². The van der Waals surface area contributed by atoms with Gasteiger partial charge < -0.3 is 10.1 Å². The highest BCUT2D eigenvalue weighted by atomic mass is 16.5. The largest absolute Gasteiger partial charge is 0.374 e. The van der Waals surface area contributed by atoms with E-state index in [9.17, 15) is 0 Å². The average molecular weight is 261 g/mol. The average Bonchev–Trinajstić information content (AvgIpc) is 2.40. The van der Waals surface area contributed by atoms with Gasteiger partial charge in [-0.05, 0) is 62.8 Å². The van der Waals surface area contributed by atoms with Crippen LogP contribution in [0.3, 0.4) is 0 Å². The van der Waals surface area contributed by atoms with Gasteiger partial charge in [-0.15, -0.1) is 0 Å². The molecule has 1 aliphatic rings. The molecule has 2 rings (SSSR count). The Kier molecular flexibility index (Phi) is 5.41. The highest BCUT2D eigenvalue weighted by Gasteiger charge is 2.21. The number of rotatable bonds is 5. The third-order valence-electron chi connectivity index (χ3n) is 4.27. The van der Waals surface area contributed by atoms with E-state index in [1.807, 2.05) is 0 Å². The van der Waals surface area contributed by atoms with E-state index < -0.39 is 0 Å². The van der Waals surface area contributed by atoms with Gasteiger partial charge in [-0.1, -0.05) is 25.1 Å². The zero-order valence-corrected chi connectivity index (χ0v) is 12.5. The molecule has 2 nitrogen and oxygen atoms in total. The lowest BCUT2D eigenvalue weighted by Crippen LogP contribution is -2.35. The first kappa shape index (κ1) is 14.5. The van der Waals surface area contributed by atoms with Crippen molar-refractivity contribution >= 4 is 0 Å². The number of hydrogen-bond donors (Lipinski definition) is 1. The Hall–Kier alpha value is -0.860. The minimum absolute atomic E-state index is 0.453. The summed E-state index contributed by atoms with van der Waals surface area (Å²) >= 11 is 0. The molecule has 0 heterocycles. The molecule has 106 valence electrons. The summed E-state index contributed by atoms with van der Waals surface area (Å²) in [5, 5.41) is 3.54. The molecule has 0 radical (unpaired) electrons. The Morgan fingerprint density at radius 3 is 2.32 bits per heavy atom. The summed E-state index contributed by atoms with van der Waals surface area (Å²) in [4.78, 5) is 0. The van der Waals surface area contributed by atoms with E-state index in [-0.39, 0.29) is 0 Å². The minimum atomic E-state index is 0.453. The lowest BCUT2D eigenvalue weighted by atomic mass is 9.93. The molecule has 0 bridgehead atoms. The maximum absolute atomic E-state index is 6.13. The first-order valence-electron chi connectivity index (χ1n) is 7.60. The van der Waals surface area contributed by atoms with E-state index in [4.69, 9.17) is 4.74 Å². The van der Waals surface area contributed by atoms with Crippen LogP contribution in [0.25, 0.3) is 0 Å². The fourth-order valence-corrected chi connectivity index (χ4v) is 3.00. The maximum Gasteiger partial charge on any atom is 0.0725 e. The topological polar surface area (TPSA) is 21.3 Å². The van der Waals surface area contributed by atoms with Gasteiger partial charge in [0.25, 0.3) is 0 Å². The molecule has 0 unspecified atom stereocenters. The van der Waals surface area contributed by atoms with E-state index in [1.54, 1.807) is 0 Å². The highest BCUT2D eigenvalue weighted by Crippen LogP contribution is 2.23. The zero-order valence-electron chi connectivity index (χ0n) is 12.5. The number of nitrogens with one attached hydrogen (secondary N) is 1. The van der Waals surface area contributed by atoms with Crippen molar-refractivity contribution < 1.29 is 4.74 Å². The van der Waals surface area contributed by atoms with Crippen molar-refractivity contribution in [3.63, 3.8) is 0 Å². The second-order valence-electron chi connectivity index (χ2n) is 5.71. The fraction of sp³-hybridized carbons (Fsp3) is 0.647. The van der Waals surface area contributed by atoms with Crippen LogP contribution in [0.1, 0.15) is 49.3 Å². The molecular weight excluding hydrogens is 234 g/mol. The van der Waals surface area contributed by atoms with Gasteiger partial charge in [0.2, 0.25) is 0 Å². The van der Waals surface area contributed by atoms with Crippen molar-refractivity contribution in [3.8, 4) is 0 Å². The van der Waals surface area contributed by atoms with Crippen LogP contribution in [-0.4, -0.2) is 18.7 Å². The molecule has 1 fully saturated rings. The highest BCUT2D eigenvalue weighted by molar-refractivity contribution is 5.32. The fourth-order valence-electron chi connectivity index (χ4n) is 3.00. The second-order valence-corrected chi connectivity index (χ2v) is 5.71. The third-order valence-corrected chi connectivity index (χ3v) is 4.27. The summed E-state index contributed by atoms with van der Waals surface area (Å²) in [6, 6.07) is 7.18. The van der Waals surface area contributed by atoms with Crippen LogP contribution in [0.4, 0.5) is 0 Å². The Morgan fingerprint density at radius 1 is 1.11 bits per heavy atom. The standard InChI is InChI=1S/C17H27NO/c1-4-18-15-8-10-16(11-9-15)19-12-17-13(2)6-5-7-14(17)3/h5-7,15-16,18H,4,8-12H2,1-3H3. The monoisotopic (exact) mass is 261 g/mol. The summed E-state index contributed by atoms with van der Waals surface area (Å²) in [5.74, 6) is 0. The van der Waals surface area contributed by atoms with Crippen molar-refractivity contribution in [2.75, 3.05) is 6.54 Å². The molecule has 1 aromatic carbocycles. The van der Waals surface area contributed by atoms with E-state index >= 15 is 0 Å². The van der Waals surface area contributed by atoms with E-state index in [0.29, 0.717) is 12.1 Å². The molecule has 1 saturated carbocycles. The molecule has 0 saturated heterocycles. The van der Waals surface area contributed by atoms with Crippen LogP contribution in [0.2, 0.25) is 0 Å². The molecule has 19 heavy (non-hydrogen) atoms. The predicted molar refractivity (Wildman–Crippen MR) is 80.4 cm³/mol. The number of ether oxygens (including phenoxy) is 1. The van der Waals surface area contributed by atoms with Gasteiger partial charge in [0, 0.05) is 6.04 Å². The molecule has 1 N–H and O–H groups in total. The van der Waals surface area contributed by atoms with Crippen molar-refractivity contribution in [1.82, 2.24) is 5.32 Å². The van der Waals surface area contributed by atoms with E-state index in [2.05, 4.69) is 44.3 Å². The second kappa shape index (κ2) is 7.06. The minimum Gasteiger partial charge on any atom is -0.374 e. The van der Waals surface area contributed by atoms with Gasteiger partial charge in [0.05, 0.1) is 12.7 Å². The Balaban J connectivity index is 1.81. The van der Waals surface area contributed by atoms with Crippen molar-refractivity contribution in [2.24, 2.45) is 0 Å². The molecule has 0 atom stereocenters. The van der Waals surface area contributed by atoms with Crippen LogP contribution in [0.15, 0.2) is 18.2 Å². The summed E-state index contributed by atoms with van der Waals surface area (Å²) in [7, 11) is 0. The first-order chi connectivity index (χ1) is 9.20. The Labute approximate surface area is 117 Å². The molecule has 1 aromatic rings. The summed E-state index contributed by atoms with van der Waals surface area (Å²) in [6.07, 6.45) is 5.36. The van der Waals surface area contributed by atoms with Gasteiger partial charge >= 0.3 is 0 Å². The summed E-state index contributed by atoms with van der Waals surface area (Å²) < 4.78 is 6.13. The Morgan fingerprint density at radius 2 is 1.74 bits per heavy atom. The molecule has 0 aliphatic heterocycles. The van der Waals surface area contributed by atoms with Gasteiger partial charge in [0.1, 0.15) is 0 Å². The quantitative estimate of drug-likeness (QED) is 0.872. The lowest BCUT2D eigenvalue weighted by Gasteiger charge is -2.29. The molecule has 0 aromatic heterocycles. The normalized spacial score (nSPS) is 23.5.